The minimum absolute atomic E-state index is 0.302. The van der Waals surface area contributed by atoms with Crippen molar-refractivity contribution >= 4 is 0 Å². The highest BCUT2D eigenvalue weighted by Crippen LogP contribution is 2.15. The molecular weight excluding hydrogens is 302 g/mol. The van der Waals surface area contributed by atoms with E-state index in [1.54, 1.807) is 6.26 Å². The lowest BCUT2D eigenvalue weighted by Gasteiger charge is -2.29. The number of ether oxygens (including phenoxy) is 1. The molecule has 0 aliphatic heterocycles. The van der Waals surface area contributed by atoms with E-state index in [2.05, 4.69) is 50.8 Å². The van der Waals surface area contributed by atoms with Gasteiger partial charge in [0.25, 0.3) is 0 Å². The number of furan rings is 1. The second kappa shape index (κ2) is 9.02. The third-order valence-corrected chi connectivity index (χ3v) is 4.18. The van der Waals surface area contributed by atoms with Crippen LogP contribution in [0.1, 0.15) is 36.3 Å². The molecule has 0 bridgehead atoms. The van der Waals surface area contributed by atoms with Crippen LogP contribution in [0.2, 0.25) is 0 Å². The molecule has 1 atom stereocenters. The predicted molar refractivity (Wildman–Crippen MR) is 95.8 cm³/mol. The minimum Gasteiger partial charge on any atom is -0.467 e. The lowest BCUT2D eigenvalue weighted by Crippen LogP contribution is -2.39. The SMILES string of the molecule is Cc1ccc(CN(C[C@H](O)COCc2ccco2)C(C)C)c(C)c1. The van der Waals surface area contributed by atoms with Gasteiger partial charge in [-0.3, -0.25) is 4.90 Å². The largest absolute Gasteiger partial charge is 0.467 e. The smallest absolute Gasteiger partial charge is 0.129 e. The van der Waals surface area contributed by atoms with E-state index in [1.807, 2.05) is 12.1 Å². The molecular formula is C20H29NO3. The Bertz CT molecular complexity index is 607. The first-order valence-corrected chi connectivity index (χ1v) is 8.54. The third-order valence-electron chi connectivity index (χ3n) is 4.18. The molecule has 1 aromatic heterocycles. The highest BCUT2D eigenvalue weighted by molar-refractivity contribution is 5.30. The normalized spacial score (nSPS) is 13.0. The number of benzene rings is 1. The van der Waals surface area contributed by atoms with Crippen molar-refractivity contribution in [2.75, 3.05) is 13.2 Å². The standard InChI is InChI=1S/C20H29NO3/c1-15(2)21(11-18-8-7-16(3)10-17(18)4)12-19(22)13-23-14-20-6-5-9-24-20/h5-10,15,19,22H,11-14H2,1-4H3/t19-/m0/s1. The predicted octanol–water partition coefficient (Wildman–Crippen LogP) is 3.68. The summed E-state index contributed by atoms with van der Waals surface area (Å²) in [5.41, 5.74) is 3.88. The fourth-order valence-electron chi connectivity index (χ4n) is 2.71. The van der Waals surface area contributed by atoms with Crippen LogP contribution in [-0.4, -0.2) is 35.3 Å². The van der Waals surface area contributed by atoms with E-state index in [-0.39, 0.29) is 0 Å². The highest BCUT2D eigenvalue weighted by Gasteiger charge is 2.16. The molecule has 0 unspecified atom stereocenters. The Morgan fingerprint density at radius 1 is 1.21 bits per heavy atom. The van der Waals surface area contributed by atoms with Crippen molar-refractivity contribution in [2.45, 2.75) is 53.0 Å². The topological polar surface area (TPSA) is 45.8 Å². The van der Waals surface area contributed by atoms with Gasteiger partial charge < -0.3 is 14.3 Å². The lowest BCUT2D eigenvalue weighted by molar-refractivity contribution is -0.00119. The summed E-state index contributed by atoms with van der Waals surface area (Å²) in [5, 5.41) is 10.3. The maximum Gasteiger partial charge on any atom is 0.129 e. The van der Waals surface area contributed by atoms with Gasteiger partial charge in [0.1, 0.15) is 12.4 Å². The number of nitrogens with zero attached hydrogens (tertiary/aromatic N) is 1. The zero-order valence-corrected chi connectivity index (χ0v) is 15.2. The molecule has 4 heteroatoms. The number of hydrogen-bond acceptors (Lipinski definition) is 4. The first-order valence-electron chi connectivity index (χ1n) is 8.54. The zero-order chi connectivity index (χ0) is 17.5. The van der Waals surface area contributed by atoms with Gasteiger partial charge in [-0.15, -0.1) is 0 Å². The highest BCUT2D eigenvalue weighted by atomic mass is 16.5. The summed E-state index contributed by atoms with van der Waals surface area (Å²) in [6, 6.07) is 10.6. The maximum absolute atomic E-state index is 10.3. The Hall–Kier alpha value is -1.62. The van der Waals surface area contributed by atoms with Crippen LogP contribution < -0.4 is 0 Å². The third kappa shape index (κ3) is 5.78. The minimum atomic E-state index is -0.520. The van der Waals surface area contributed by atoms with Crippen molar-refractivity contribution in [1.29, 1.82) is 0 Å². The fourth-order valence-corrected chi connectivity index (χ4v) is 2.71. The maximum atomic E-state index is 10.3. The summed E-state index contributed by atoms with van der Waals surface area (Å²) in [6.45, 7) is 10.7. The Labute approximate surface area is 145 Å². The number of aliphatic hydroxyl groups excluding tert-OH is 1. The average molecular weight is 331 g/mol. The summed E-state index contributed by atoms with van der Waals surface area (Å²) in [5.74, 6) is 0.776. The number of hydrogen-bond donors (Lipinski definition) is 1. The van der Waals surface area contributed by atoms with E-state index in [0.717, 1.165) is 12.3 Å². The first kappa shape index (κ1) is 18.7. The van der Waals surface area contributed by atoms with E-state index in [0.29, 0.717) is 25.8 Å². The van der Waals surface area contributed by atoms with E-state index < -0.39 is 6.10 Å². The van der Waals surface area contributed by atoms with Crippen LogP contribution in [0, 0.1) is 13.8 Å². The Kier molecular flexibility index (Phi) is 7.03. The van der Waals surface area contributed by atoms with Gasteiger partial charge in [0.2, 0.25) is 0 Å². The van der Waals surface area contributed by atoms with E-state index in [9.17, 15) is 5.11 Å². The number of aryl methyl sites for hydroxylation is 2. The van der Waals surface area contributed by atoms with Gasteiger partial charge in [-0.2, -0.15) is 0 Å². The second-order valence-electron chi connectivity index (χ2n) is 6.70. The van der Waals surface area contributed by atoms with Crippen molar-refractivity contribution in [2.24, 2.45) is 0 Å². The van der Waals surface area contributed by atoms with Crippen molar-refractivity contribution in [3.8, 4) is 0 Å². The van der Waals surface area contributed by atoms with Crippen LogP contribution in [-0.2, 0) is 17.9 Å². The van der Waals surface area contributed by atoms with Crippen molar-refractivity contribution in [3.63, 3.8) is 0 Å². The van der Waals surface area contributed by atoms with Gasteiger partial charge in [-0.05, 0) is 51.0 Å². The summed E-state index contributed by atoms with van der Waals surface area (Å²) < 4.78 is 10.8. The van der Waals surface area contributed by atoms with Crippen LogP contribution in [0.25, 0.3) is 0 Å². The first-order chi connectivity index (χ1) is 11.5. The molecule has 0 aliphatic rings. The van der Waals surface area contributed by atoms with E-state index in [1.165, 1.54) is 16.7 Å². The van der Waals surface area contributed by atoms with Gasteiger partial charge in [0.05, 0.1) is 19.0 Å². The number of aliphatic hydroxyl groups is 1. The van der Waals surface area contributed by atoms with Crippen LogP contribution >= 0.6 is 0 Å². The second-order valence-corrected chi connectivity index (χ2v) is 6.70. The monoisotopic (exact) mass is 331 g/mol. The molecule has 0 spiro atoms. The average Bonchev–Trinajstić information content (AvgIpc) is 3.02. The molecule has 4 nitrogen and oxygen atoms in total. The van der Waals surface area contributed by atoms with Crippen molar-refractivity contribution in [3.05, 3.63) is 59.0 Å². The molecule has 0 saturated heterocycles. The summed E-state index contributed by atoms with van der Waals surface area (Å²) in [7, 11) is 0. The van der Waals surface area contributed by atoms with E-state index in [4.69, 9.17) is 9.15 Å². The van der Waals surface area contributed by atoms with Gasteiger partial charge in [0, 0.05) is 19.1 Å². The van der Waals surface area contributed by atoms with E-state index >= 15 is 0 Å². The molecule has 0 radical (unpaired) electrons. The van der Waals surface area contributed by atoms with Gasteiger partial charge in [0.15, 0.2) is 0 Å². The number of rotatable bonds is 9. The molecule has 1 heterocycles. The Morgan fingerprint density at radius 2 is 2.00 bits per heavy atom. The summed E-state index contributed by atoms with van der Waals surface area (Å²) in [4.78, 5) is 2.28. The molecule has 0 saturated carbocycles. The Morgan fingerprint density at radius 3 is 2.62 bits per heavy atom. The summed E-state index contributed by atoms with van der Waals surface area (Å²) in [6.07, 6.45) is 1.10. The van der Waals surface area contributed by atoms with Gasteiger partial charge in [-0.1, -0.05) is 23.8 Å². The molecule has 2 aromatic rings. The molecule has 1 N–H and O–H groups in total. The van der Waals surface area contributed by atoms with Gasteiger partial charge in [-0.25, -0.2) is 0 Å². The fraction of sp³-hybridized carbons (Fsp3) is 0.500. The lowest BCUT2D eigenvalue weighted by atomic mass is 10.0. The van der Waals surface area contributed by atoms with Crippen LogP contribution in [0.15, 0.2) is 41.0 Å². The molecule has 0 fully saturated rings. The molecule has 1 aromatic carbocycles. The van der Waals surface area contributed by atoms with Crippen LogP contribution in [0.5, 0.6) is 0 Å². The molecule has 132 valence electrons. The molecule has 2 rings (SSSR count). The zero-order valence-electron chi connectivity index (χ0n) is 15.2. The quantitative estimate of drug-likeness (QED) is 0.761. The molecule has 0 amide bonds. The summed E-state index contributed by atoms with van der Waals surface area (Å²) >= 11 is 0. The van der Waals surface area contributed by atoms with Crippen LogP contribution in [0.3, 0.4) is 0 Å². The Balaban J connectivity index is 1.85. The van der Waals surface area contributed by atoms with Gasteiger partial charge >= 0.3 is 0 Å². The van der Waals surface area contributed by atoms with Crippen molar-refractivity contribution in [1.82, 2.24) is 4.90 Å². The van der Waals surface area contributed by atoms with Crippen LogP contribution in [0.4, 0.5) is 0 Å². The molecule has 24 heavy (non-hydrogen) atoms. The molecule has 0 aliphatic carbocycles. The van der Waals surface area contributed by atoms with Crippen molar-refractivity contribution < 1.29 is 14.3 Å².